The lowest BCUT2D eigenvalue weighted by atomic mass is 10.0. The number of carboxylic acid groups (broad SMARTS) is 1. The Balaban J connectivity index is 1.56. The summed E-state index contributed by atoms with van der Waals surface area (Å²) in [6, 6.07) is 16.6. The molecule has 4 rings (SSSR count). The van der Waals surface area contributed by atoms with Gasteiger partial charge in [-0.25, -0.2) is 9.78 Å². The monoisotopic (exact) mass is 362 g/mol. The van der Waals surface area contributed by atoms with E-state index >= 15 is 0 Å². The highest BCUT2D eigenvalue weighted by Gasteiger charge is 2.23. The zero-order valence-corrected chi connectivity index (χ0v) is 14.9. The van der Waals surface area contributed by atoms with Crippen LogP contribution in [0.5, 0.6) is 0 Å². The molecule has 2 aromatic carbocycles. The van der Waals surface area contributed by atoms with Crippen LogP contribution in [0.2, 0.25) is 0 Å². The largest absolute Gasteiger partial charge is 0.465 e. The molecular formula is C21H22N4O2. The minimum Gasteiger partial charge on any atom is -0.465 e. The fourth-order valence-corrected chi connectivity index (χ4v) is 3.61. The van der Waals surface area contributed by atoms with Gasteiger partial charge in [0.25, 0.3) is 0 Å². The molecule has 1 fully saturated rings. The van der Waals surface area contributed by atoms with Gasteiger partial charge in [0.05, 0.1) is 5.69 Å². The summed E-state index contributed by atoms with van der Waals surface area (Å²) in [5.41, 5.74) is 9.04. The molecule has 0 saturated carbocycles. The number of nitrogens with one attached hydrogen (secondary N) is 1. The van der Waals surface area contributed by atoms with Crippen molar-refractivity contribution >= 4 is 28.4 Å². The van der Waals surface area contributed by atoms with Crippen molar-refractivity contribution in [2.75, 3.05) is 24.1 Å². The van der Waals surface area contributed by atoms with Crippen LogP contribution in [0.4, 0.5) is 16.3 Å². The van der Waals surface area contributed by atoms with E-state index in [2.05, 4.69) is 40.6 Å². The molecule has 1 saturated heterocycles. The molecule has 0 radical (unpaired) electrons. The van der Waals surface area contributed by atoms with E-state index < -0.39 is 6.09 Å². The predicted octanol–water partition coefficient (Wildman–Crippen LogP) is 4.04. The Bertz CT molecular complexity index is 981. The van der Waals surface area contributed by atoms with Crippen molar-refractivity contribution in [3.05, 3.63) is 54.7 Å². The van der Waals surface area contributed by atoms with E-state index in [0.29, 0.717) is 24.6 Å². The number of hydrogen-bond donors (Lipinski definition) is 3. The van der Waals surface area contributed by atoms with Gasteiger partial charge in [-0.1, -0.05) is 36.4 Å². The van der Waals surface area contributed by atoms with E-state index in [1.165, 1.54) is 15.7 Å². The first kappa shape index (κ1) is 17.1. The lowest BCUT2D eigenvalue weighted by Gasteiger charge is -2.31. The van der Waals surface area contributed by atoms with Crippen LogP contribution in [0.25, 0.3) is 21.9 Å². The van der Waals surface area contributed by atoms with E-state index in [-0.39, 0.29) is 6.04 Å². The minimum absolute atomic E-state index is 0.169. The second-order valence-corrected chi connectivity index (χ2v) is 6.87. The number of piperidine rings is 1. The zero-order chi connectivity index (χ0) is 18.8. The molecular weight excluding hydrogens is 340 g/mol. The van der Waals surface area contributed by atoms with Crippen LogP contribution in [-0.4, -0.2) is 40.2 Å². The molecule has 0 unspecified atom stereocenters. The van der Waals surface area contributed by atoms with E-state index in [0.717, 1.165) is 24.0 Å². The standard InChI is InChI=1S/C21H22N4O2/c22-19-18(16-6-5-14-3-1-2-4-15(14)13-16)7-10-23-20(19)24-17-8-11-25(12-9-17)21(26)27/h1-7,10,13,17H,8-9,11-12,22H2,(H,23,24)(H,26,27). The average Bonchev–Trinajstić information content (AvgIpc) is 2.69. The summed E-state index contributed by atoms with van der Waals surface area (Å²) in [5, 5.41) is 14.8. The van der Waals surface area contributed by atoms with Crippen molar-refractivity contribution in [2.45, 2.75) is 18.9 Å². The number of nitrogen functional groups attached to an aromatic ring is 1. The maximum absolute atomic E-state index is 11.0. The van der Waals surface area contributed by atoms with Gasteiger partial charge in [0.1, 0.15) is 5.82 Å². The lowest BCUT2D eigenvalue weighted by Crippen LogP contribution is -2.41. The number of amides is 1. The van der Waals surface area contributed by atoms with Crippen LogP contribution in [0.1, 0.15) is 12.8 Å². The summed E-state index contributed by atoms with van der Waals surface area (Å²) in [5.74, 6) is 0.662. The Kier molecular flexibility index (Phi) is 4.54. The molecule has 2 heterocycles. The van der Waals surface area contributed by atoms with Gasteiger partial charge >= 0.3 is 6.09 Å². The molecule has 27 heavy (non-hydrogen) atoms. The molecule has 1 amide bonds. The first-order valence-corrected chi connectivity index (χ1v) is 9.10. The van der Waals surface area contributed by atoms with Gasteiger partial charge < -0.3 is 21.1 Å². The fraction of sp³-hybridized carbons (Fsp3) is 0.238. The van der Waals surface area contributed by atoms with E-state index in [9.17, 15) is 4.79 Å². The number of likely N-dealkylation sites (tertiary alicyclic amines) is 1. The first-order chi connectivity index (χ1) is 13.1. The molecule has 0 bridgehead atoms. The van der Waals surface area contributed by atoms with Crippen molar-refractivity contribution in [3.8, 4) is 11.1 Å². The van der Waals surface area contributed by atoms with E-state index in [4.69, 9.17) is 10.8 Å². The van der Waals surface area contributed by atoms with Gasteiger partial charge in [0, 0.05) is 30.9 Å². The quantitative estimate of drug-likeness (QED) is 0.654. The molecule has 6 nitrogen and oxygen atoms in total. The first-order valence-electron chi connectivity index (χ1n) is 9.10. The normalized spacial score (nSPS) is 15.0. The maximum atomic E-state index is 11.0. The van der Waals surface area contributed by atoms with Crippen LogP contribution in [0.3, 0.4) is 0 Å². The summed E-state index contributed by atoms with van der Waals surface area (Å²) in [6.07, 6.45) is 2.39. The number of nitrogens with two attached hydrogens (primary N) is 1. The van der Waals surface area contributed by atoms with Gasteiger partial charge in [-0.2, -0.15) is 0 Å². The van der Waals surface area contributed by atoms with Crippen LogP contribution in [0, 0.1) is 0 Å². The molecule has 1 aliphatic rings. The Morgan fingerprint density at radius 2 is 1.85 bits per heavy atom. The van der Waals surface area contributed by atoms with Gasteiger partial charge in [-0.15, -0.1) is 0 Å². The fourth-order valence-electron chi connectivity index (χ4n) is 3.61. The van der Waals surface area contributed by atoms with Crippen LogP contribution < -0.4 is 11.1 Å². The molecule has 138 valence electrons. The number of rotatable bonds is 3. The number of pyridine rings is 1. The number of hydrogen-bond acceptors (Lipinski definition) is 4. The van der Waals surface area contributed by atoms with Crippen molar-refractivity contribution in [2.24, 2.45) is 0 Å². The van der Waals surface area contributed by atoms with E-state index in [1.54, 1.807) is 6.20 Å². The maximum Gasteiger partial charge on any atom is 0.407 e. The van der Waals surface area contributed by atoms with Crippen LogP contribution in [-0.2, 0) is 0 Å². The average molecular weight is 362 g/mol. The second-order valence-electron chi connectivity index (χ2n) is 6.87. The third kappa shape index (κ3) is 3.51. The number of benzene rings is 2. The predicted molar refractivity (Wildman–Crippen MR) is 108 cm³/mol. The Labute approximate surface area is 157 Å². The Hall–Kier alpha value is -3.28. The van der Waals surface area contributed by atoms with Crippen molar-refractivity contribution in [1.82, 2.24) is 9.88 Å². The molecule has 0 aliphatic carbocycles. The molecule has 0 spiro atoms. The van der Waals surface area contributed by atoms with Crippen LogP contribution >= 0.6 is 0 Å². The van der Waals surface area contributed by atoms with E-state index in [1.807, 2.05) is 18.2 Å². The molecule has 3 aromatic rings. The summed E-state index contributed by atoms with van der Waals surface area (Å²) in [4.78, 5) is 16.9. The summed E-state index contributed by atoms with van der Waals surface area (Å²) in [6.45, 7) is 1.05. The van der Waals surface area contributed by atoms with Crippen molar-refractivity contribution in [1.29, 1.82) is 0 Å². The smallest absolute Gasteiger partial charge is 0.407 e. The Morgan fingerprint density at radius 1 is 1.11 bits per heavy atom. The number of carbonyl (C=O) groups is 1. The topological polar surface area (TPSA) is 91.5 Å². The molecule has 6 heteroatoms. The summed E-state index contributed by atoms with van der Waals surface area (Å²) < 4.78 is 0. The second kappa shape index (κ2) is 7.15. The van der Waals surface area contributed by atoms with Crippen molar-refractivity contribution in [3.63, 3.8) is 0 Å². The van der Waals surface area contributed by atoms with Gasteiger partial charge in [0.15, 0.2) is 0 Å². The van der Waals surface area contributed by atoms with Gasteiger partial charge in [-0.3, -0.25) is 0 Å². The van der Waals surface area contributed by atoms with Crippen molar-refractivity contribution < 1.29 is 9.90 Å². The Morgan fingerprint density at radius 3 is 2.59 bits per heavy atom. The molecule has 4 N–H and O–H groups in total. The number of nitrogens with zero attached hydrogens (tertiary/aromatic N) is 2. The zero-order valence-electron chi connectivity index (χ0n) is 14.9. The lowest BCUT2D eigenvalue weighted by molar-refractivity contribution is 0.134. The molecule has 1 aliphatic heterocycles. The number of anilines is 2. The molecule has 0 atom stereocenters. The van der Waals surface area contributed by atoms with Gasteiger partial charge in [0.2, 0.25) is 0 Å². The van der Waals surface area contributed by atoms with Crippen LogP contribution in [0.15, 0.2) is 54.7 Å². The third-order valence-electron chi connectivity index (χ3n) is 5.16. The highest BCUT2D eigenvalue weighted by atomic mass is 16.4. The highest BCUT2D eigenvalue weighted by molar-refractivity contribution is 5.91. The molecule has 1 aromatic heterocycles. The SMILES string of the molecule is Nc1c(-c2ccc3ccccc3c2)ccnc1NC1CCN(C(=O)O)CC1. The minimum atomic E-state index is -0.857. The summed E-state index contributed by atoms with van der Waals surface area (Å²) in [7, 11) is 0. The van der Waals surface area contributed by atoms with Gasteiger partial charge in [-0.05, 0) is 41.3 Å². The number of fused-ring (bicyclic) bond motifs is 1. The highest BCUT2D eigenvalue weighted by Crippen LogP contribution is 2.33. The summed E-state index contributed by atoms with van der Waals surface area (Å²) >= 11 is 0. The number of aromatic nitrogens is 1. The third-order valence-corrected chi connectivity index (χ3v) is 5.16.